The molecule has 1 fully saturated rings. The lowest BCUT2D eigenvalue weighted by Crippen LogP contribution is -2.56. The Labute approximate surface area is 217 Å². The average Bonchev–Trinajstić information content (AvgIpc) is 3.46. The molecule has 0 spiro atoms. The molecule has 1 N–H and O–H groups in total. The summed E-state index contributed by atoms with van der Waals surface area (Å²) >= 11 is 8.66. The summed E-state index contributed by atoms with van der Waals surface area (Å²) in [6, 6.07) is 9.03. The van der Waals surface area contributed by atoms with Gasteiger partial charge in [-0.1, -0.05) is 17.7 Å². The number of piperazine rings is 1. The van der Waals surface area contributed by atoms with Crippen LogP contribution in [-0.4, -0.2) is 60.2 Å². The van der Waals surface area contributed by atoms with Crippen LogP contribution in [0.3, 0.4) is 0 Å². The minimum absolute atomic E-state index is 0.147. The minimum Gasteiger partial charge on any atom is -0.331 e. The Hall–Kier alpha value is -2.07. The topological polar surface area (TPSA) is 106 Å². The normalized spacial score (nSPS) is 21.1. The number of fused-ring (bicyclic) bond motifs is 2. The van der Waals surface area contributed by atoms with E-state index in [4.69, 9.17) is 16.9 Å². The van der Waals surface area contributed by atoms with E-state index in [2.05, 4.69) is 23.3 Å². The van der Waals surface area contributed by atoms with Crippen LogP contribution in [0.4, 0.5) is 0 Å². The molecule has 0 radical (unpaired) electrons. The maximum Gasteiger partial charge on any atom is 0.283 e. The molecule has 1 aromatic carbocycles. The number of carbonyl (C=O) groups excluding carboxylic acids is 1. The van der Waals surface area contributed by atoms with E-state index in [1.54, 1.807) is 23.1 Å². The summed E-state index contributed by atoms with van der Waals surface area (Å²) < 4.78 is 29.5. The number of hydrogen-bond acceptors (Lipinski definition) is 8. The van der Waals surface area contributed by atoms with E-state index >= 15 is 0 Å². The van der Waals surface area contributed by atoms with Gasteiger partial charge < -0.3 is 10.2 Å². The molecule has 5 rings (SSSR count). The summed E-state index contributed by atoms with van der Waals surface area (Å²) in [6.07, 6.45) is 1.42. The third kappa shape index (κ3) is 4.83. The van der Waals surface area contributed by atoms with Crippen LogP contribution in [0.5, 0.6) is 0 Å². The fourth-order valence-electron chi connectivity index (χ4n) is 4.55. The Bertz CT molecular complexity index is 1430. The van der Waals surface area contributed by atoms with Gasteiger partial charge in [-0.25, -0.2) is 13.4 Å². The molecule has 1 saturated heterocycles. The molecular weight excluding hydrogens is 526 g/mol. The number of carbonyl (C=O) groups is 1. The lowest BCUT2D eigenvalue weighted by molar-refractivity contribution is 0.0552. The van der Waals surface area contributed by atoms with E-state index in [-0.39, 0.29) is 36.2 Å². The lowest BCUT2D eigenvalue weighted by Gasteiger charge is -2.40. The van der Waals surface area contributed by atoms with Gasteiger partial charge in [0.25, 0.3) is 15.9 Å². The van der Waals surface area contributed by atoms with Crippen molar-refractivity contribution in [3.63, 3.8) is 0 Å². The van der Waals surface area contributed by atoms with Gasteiger partial charge in [0, 0.05) is 65.7 Å². The van der Waals surface area contributed by atoms with Crippen LogP contribution in [0.2, 0.25) is 5.02 Å². The highest BCUT2D eigenvalue weighted by atomic mass is 35.5. The molecule has 2 atom stereocenters. The number of nitriles is 1. The predicted molar refractivity (Wildman–Crippen MR) is 137 cm³/mol. The van der Waals surface area contributed by atoms with Gasteiger partial charge in [0.1, 0.15) is 4.21 Å². The van der Waals surface area contributed by atoms with Crippen molar-refractivity contribution >= 4 is 60.3 Å². The zero-order chi connectivity index (χ0) is 24.7. The minimum atomic E-state index is -3.75. The summed E-state index contributed by atoms with van der Waals surface area (Å²) in [7, 11) is -3.75. The number of benzene rings is 1. The largest absolute Gasteiger partial charge is 0.331 e. The van der Waals surface area contributed by atoms with Crippen molar-refractivity contribution in [3.8, 4) is 6.07 Å². The summed E-state index contributed by atoms with van der Waals surface area (Å²) in [5, 5.41) is 14.4. The van der Waals surface area contributed by atoms with Gasteiger partial charge in [0.2, 0.25) is 0 Å². The highest BCUT2D eigenvalue weighted by Crippen LogP contribution is 2.34. The van der Waals surface area contributed by atoms with Crippen LogP contribution < -0.4 is 5.32 Å². The van der Waals surface area contributed by atoms with Gasteiger partial charge in [-0.15, -0.1) is 22.7 Å². The Morgan fingerprint density at radius 2 is 2.14 bits per heavy atom. The monoisotopic (exact) mass is 549 g/mol. The second-order valence-corrected chi connectivity index (χ2v) is 13.6. The second kappa shape index (κ2) is 9.76. The van der Waals surface area contributed by atoms with Crippen molar-refractivity contribution < 1.29 is 13.2 Å². The first-order valence-corrected chi connectivity index (χ1v) is 14.8. The number of nitrogens with zero attached hydrogens (tertiary/aromatic N) is 4. The molecule has 0 saturated carbocycles. The highest BCUT2D eigenvalue weighted by molar-refractivity contribution is 7.91. The first-order chi connectivity index (χ1) is 16.8. The van der Waals surface area contributed by atoms with Gasteiger partial charge in [-0.2, -0.15) is 9.57 Å². The van der Waals surface area contributed by atoms with Gasteiger partial charge in [0.05, 0.1) is 11.8 Å². The summed E-state index contributed by atoms with van der Waals surface area (Å²) in [5.41, 5.74) is 0.962. The molecular formula is C23H24ClN5O3S3. The summed E-state index contributed by atoms with van der Waals surface area (Å²) in [4.78, 5) is 20.8. The molecule has 4 heterocycles. The van der Waals surface area contributed by atoms with Gasteiger partial charge in [-0.05, 0) is 36.9 Å². The number of amides is 1. The van der Waals surface area contributed by atoms with E-state index in [1.807, 2.05) is 6.07 Å². The quantitative estimate of drug-likeness (QED) is 0.518. The maximum absolute atomic E-state index is 13.5. The second-order valence-electron chi connectivity index (χ2n) is 8.83. The molecule has 2 aromatic heterocycles. The van der Waals surface area contributed by atoms with Gasteiger partial charge >= 0.3 is 0 Å². The van der Waals surface area contributed by atoms with E-state index in [0.29, 0.717) is 29.0 Å². The number of sulfonamides is 1. The maximum atomic E-state index is 13.5. The number of hydrogen-bond donors (Lipinski definition) is 1. The molecule has 35 heavy (non-hydrogen) atoms. The molecule has 12 heteroatoms. The molecule has 1 amide bonds. The van der Waals surface area contributed by atoms with Crippen LogP contribution in [0.15, 0.2) is 28.5 Å². The smallest absolute Gasteiger partial charge is 0.283 e. The summed E-state index contributed by atoms with van der Waals surface area (Å²) in [6.45, 7) is 3.38. The summed E-state index contributed by atoms with van der Waals surface area (Å²) in [5.74, 6) is -0.187. The molecule has 184 valence electrons. The number of thiophene rings is 1. The third-order valence-electron chi connectivity index (χ3n) is 6.42. The molecule has 8 nitrogen and oxygen atoms in total. The predicted octanol–water partition coefficient (Wildman–Crippen LogP) is 3.86. The van der Waals surface area contributed by atoms with Crippen LogP contribution in [0.1, 0.15) is 40.1 Å². The van der Waals surface area contributed by atoms with E-state index in [9.17, 15) is 13.2 Å². The van der Waals surface area contributed by atoms with Crippen molar-refractivity contribution in [1.29, 1.82) is 5.26 Å². The van der Waals surface area contributed by atoms with E-state index in [0.717, 1.165) is 27.1 Å². The highest BCUT2D eigenvalue weighted by Gasteiger charge is 2.38. The van der Waals surface area contributed by atoms with Crippen molar-refractivity contribution in [3.05, 3.63) is 44.9 Å². The SMILES string of the molecule is CC1Cc2nc(C(=O)N3CCN(S(=O)(=O)c4cc5ccc(Cl)cc5s4)CC3CCC#N)sc2CN1. The van der Waals surface area contributed by atoms with Crippen LogP contribution in [0, 0.1) is 11.3 Å². The first-order valence-electron chi connectivity index (χ1n) is 11.4. The molecule has 2 aliphatic rings. The van der Waals surface area contributed by atoms with E-state index in [1.165, 1.54) is 27.0 Å². The molecule has 0 aliphatic carbocycles. The fraction of sp³-hybridized carbons (Fsp3) is 0.435. The Balaban J connectivity index is 1.38. The number of halogens is 1. The molecule has 3 aromatic rings. The molecule has 0 bridgehead atoms. The van der Waals surface area contributed by atoms with Crippen LogP contribution >= 0.6 is 34.3 Å². The Morgan fingerprint density at radius 1 is 1.31 bits per heavy atom. The van der Waals surface area contributed by atoms with Crippen molar-refractivity contribution in [2.75, 3.05) is 19.6 Å². The zero-order valence-electron chi connectivity index (χ0n) is 19.0. The average molecular weight is 550 g/mol. The lowest BCUT2D eigenvalue weighted by atomic mass is 10.1. The number of thiazole rings is 1. The first kappa shape index (κ1) is 24.6. The number of nitrogens with one attached hydrogen (secondary N) is 1. The number of rotatable bonds is 5. The van der Waals surface area contributed by atoms with Crippen molar-refractivity contribution in [2.45, 2.75) is 49.0 Å². The van der Waals surface area contributed by atoms with Gasteiger partial charge in [-0.3, -0.25) is 4.79 Å². The number of aromatic nitrogens is 1. The molecule has 2 aliphatic heterocycles. The Kier molecular flexibility index (Phi) is 6.87. The standard InChI is InChI=1S/C23H24ClN5O3S3/c1-14-9-18-20(12-26-14)34-22(27-18)23(30)29-8-7-28(13-17(29)3-2-6-25)35(31,32)21-10-15-4-5-16(24)11-19(15)33-21/h4-5,10-11,14,17,26H,2-3,7-9,12-13H2,1H3. The third-order valence-corrected chi connectivity index (χ3v) is 11.2. The van der Waals surface area contributed by atoms with Crippen molar-refractivity contribution in [1.82, 2.24) is 19.5 Å². The zero-order valence-corrected chi connectivity index (χ0v) is 22.2. The van der Waals surface area contributed by atoms with Gasteiger partial charge in [0.15, 0.2) is 5.01 Å². The van der Waals surface area contributed by atoms with Crippen LogP contribution in [-0.2, 0) is 23.0 Å². The fourth-order valence-corrected chi connectivity index (χ4v) is 8.84. The Morgan fingerprint density at radius 3 is 2.94 bits per heavy atom. The van der Waals surface area contributed by atoms with Crippen LogP contribution in [0.25, 0.3) is 10.1 Å². The molecule has 2 unspecified atom stereocenters. The van der Waals surface area contributed by atoms with Crippen molar-refractivity contribution in [2.24, 2.45) is 0 Å². The van der Waals surface area contributed by atoms with E-state index < -0.39 is 16.1 Å².